The first kappa shape index (κ1) is 13.4. The van der Waals surface area contributed by atoms with E-state index in [1.807, 2.05) is 4.68 Å². The van der Waals surface area contributed by atoms with Crippen LogP contribution in [0.3, 0.4) is 0 Å². The number of methoxy groups -OCH3 is 1. The Hall–Kier alpha value is -1.05. The molecule has 0 aromatic carbocycles. The molecule has 0 radical (unpaired) electrons. The predicted molar refractivity (Wildman–Crippen MR) is 64.8 cm³/mol. The summed E-state index contributed by atoms with van der Waals surface area (Å²) in [5.41, 5.74) is 5.10. The molecule has 18 heavy (non-hydrogen) atoms. The van der Waals surface area contributed by atoms with Gasteiger partial charge in [-0.1, -0.05) is 0 Å². The number of nitrogens with zero attached hydrogens (tertiary/aromatic N) is 4. The Morgan fingerprint density at radius 3 is 2.83 bits per heavy atom. The van der Waals surface area contributed by atoms with Crippen LogP contribution in [0.15, 0.2) is 0 Å². The molecular formula is C11H21N5O2. The molecule has 2 N–H and O–H groups in total. The molecule has 0 saturated carbocycles. The molecule has 0 aliphatic carbocycles. The highest BCUT2D eigenvalue weighted by atomic mass is 16.5. The zero-order valence-electron chi connectivity index (χ0n) is 10.8. The van der Waals surface area contributed by atoms with Gasteiger partial charge in [0.15, 0.2) is 5.82 Å². The van der Waals surface area contributed by atoms with Crippen molar-refractivity contribution in [1.82, 2.24) is 20.2 Å². The second-order valence-electron chi connectivity index (χ2n) is 4.53. The van der Waals surface area contributed by atoms with Crippen LogP contribution in [0, 0.1) is 0 Å². The first-order valence-corrected chi connectivity index (χ1v) is 6.42. The molecule has 1 aliphatic rings. The molecule has 0 spiro atoms. The van der Waals surface area contributed by atoms with Gasteiger partial charge in [-0.05, 0) is 29.8 Å². The van der Waals surface area contributed by atoms with E-state index < -0.39 is 5.60 Å². The third kappa shape index (κ3) is 2.68. The van der Waals surface area contributed by atoms with Crippen molar-refractivity contribution in [2.75, 3.05) is 26.9 Å². The van der Waals surface area contributed by atoms with E-state index in [2.05, 4.69) is 15.5 Å². The number of rotatable bonds is 6. The maximum absolute atomic E-state index is 5.70. The number of hydrogen-bond donors (Lipinski definition) is 1. The number of aryl methyl sites for hydroxylation is 1. The predicted octanol–water partition coefficient (Wildman–Crippen LogP) is 0.0641. The van der Waals surface area contributed by atoms with Crippen molar-refractivity contribution in [2.24, 2.45) is 5.73 Å². The molecule has 0 unspecified atom stereocenters. The van der Waals surface area contributed by atoms with Gasteiger partial charge in [-0.2, -0.15) is 0 Å². The zero-order chi connectivity index (χ0) is 12.8. The van der Waals surface area contributed by atoms with Gasteiger partial charge in [0.25, 0.3) is 0 Å². The van der Waals surface area contributed by atoms with Gasteiger partial charge in [-0.3, -0.25) is 0 Å². The second kappa shape index (κ2) is 6.21. The van der Waals surface area contributed by atoms with Crippen LogP contribution < -0.4 is 5.73 Å². The summed E-state index contributed by atoms with van der Waals surface area (Å²) in [6, 6.07) is 0. The largest absolute Gasteiger partial charge is 0.381 e. The molecule has 7 nitrogen and oxygen atoms in total. The van der Waals surface area contributed by atoms with Crippen molar-refractivity contribution in [3.05, 3.63) is 5.82 Å². The molecule has 1 fully saturated rings. The average molecular weight is 255 g/mol. The highest BCUT2D eigenvalue weighted by Gasteiger charge is 2.39. The van der Waals surface area contributed by atoms with E-state index in [1.165, 1.54) is 0 Å². The first-order valence-electron chi connectivity index (χ1n) is 6.42. The number of tetrazole rings is 1. The minimum Gasteiger partial charge on any atom is -0.381 e. The van der Waals surface area contributed by atoms with Gasteiger partial charge in [0.2, 0.25) is 0 Å². The Morgan fingerprint density at radius 2 is 2.17 bits per heavy atom. The molecule has 2 rings (SSSR count). The molecule has 2 heterocycles. The summed E-state index contributed by atoms with van der Waals surface area (Å²) < 4.78 is 12.9. The maximum atomic E-state index is 5.70. The van der Waals surface area contributed by atoms with E-state index in [1.54, 1.807) is 7.11 Å². The zero-order valence-corrected chi connectivity index (χ0v) is 10.8. The molecule has 7 heteroatoms. The number of hydrogen-bond acceptors (Lipinski definition) is 6. The van der Waals surface area contributed by atoms with Crippen molar-refractivity contribution >= 4 is 0 Å². The van der Waals surface area contributed by atoms with Gasteiger partial charge in [-0.15, -0.1) is 5.10 Å². The molecule has 0 atom stereocenters. The average Bonchev–Trinajstić information content (AvgIpc) is 2.89. The first-order chi connectivity index (χ1) is 8.82. The number of aromatic nitrogens is 4. The van der Waals surface area contributed by atoms with E-state index in [9.17, 15) is 0 Å². The fraction of sp³-hybridized carbons (Fsp3) is 0.909. The topological polar surface area (TPSA) is 88.1 Å². The molecule has 1 aromatic heterocycles. The highest BCUT2D eigenvalue weighted by Crippen LogP contribution is 2.33. The summed E-state index contributed by atoms with van der Waals surface area (Å²) >= 11 is 0. The van der Waals surface area contributed by atoms with Crippen LogP contribution in [-0.2, 0) is 21.6 Å². The summed E-state index contributed by atoms with van der Waals surface area (Å²) in [6.07, 6.45) is 3.54. The fourth-order valence-corrected chi connectivity index (χ4v) is 2.31. The fourth-order valence-electron chi connectivity index (χ4n) is 2.31. The van der Waals surface area contributed by atoms with Crippen LogP contribution >= 0.6 is 0 Å². The van der Waals surface area contributed by atoms with E-state index >= 15 is 0 Å². The van der Waals surface area contributed by atoms with Crippen LogP contribution in [-0.4, -0.2) is 47.1 Å². The van der Waals surface area contributed by atoms with Crippen molar-refractivity contribution in [3.63, 3.8) is 0 Å². The van der Waals surface area contributed by atoms with Gasteiger partial charge in [0.05, 0.1) is 0 Å². The Balaban J connectivity index is 2.12. The molecular weight excluding hydrogens is 234 g/mol. The smallest absolute Gasteiger partial charge is 0.183 e. The van der Waals surface area contributed by atoms with Crippen LogP contribution in [0.2, 0.25) is 0 Å². The molecule has 0 bridgehead atoms. The number of nitrogens with two attached hydrogens (primary N) is 1. The lowest BCUT2D eigenvalue weighted by atomic mass is 9.93. The highest BCUT2D eigenvalue weighted by molar-refractivity contribution is 5.02. The summed E-state index contributed by atoms with van der Waals surface area (Å²) in [7, 11) is 1.71. The van der Waals surface area contributed by atoms with Crippen LogP contribution in [0.1, 0.15) is 31.5 Å². The quantitative estimate of drug-likeness (QED) is 0.723. The molecule has 1 saturated heterocycles. The maximum Gasteiger partial charge on any atom is 0.183 e. The van der Waals surface area contributed by atoms with Crippen molar-refractivity contribution in [1.29, 1.82) is 0 Å². The van der Waals surface area contributed by atoms with Gasteiger partial charge in [-0.25, -0.2) is 4.68 Å². The molecule has 1 aliphatic heterocycles. The van der Waals surface area contributed by atoms with E-state index in [0.29, 0.717) is 19.8 Å². The Labute approximate surface area is 107 Å². The van der Waals surface area contributed by atoms with Gasteiger partial charge in [0, 0.05) is 39.7 Å². The molecule has 1 aromatic rings. The molecule has 0 amide bonds. The standard InChI is InChI=1S/C11H21N5O2/c1-17-11(4-8-18-9-5-11)10-13-14-15-16(10)7-3-2-6-12/h2-9,12H2,1H3. The van der Waals surface area contributed by atoms with Crippen molar-refractivity contribution in [2.45, 2.75) is 37.8 Å². The SMILES string of the molecule is COC1(c2nnnn2CCCCN)CCOCC1. The normalized spacial score (nSPS) is 19.0. The third-order valence-electron chi connectivity index (χ3n) is 3.45. The summed E-state index contributed by atoms with van der Waals surface area (Å²) in [4.78, 5) is 0. The summed E-state index contributed by atoms with van der Waals surface area (Å²) in [5.74, 6) is 0.810. The van der Waals surface area contributed by atoms with Gasteiger partial charge < -0.3 is 15.2 Å². The monoisotopic (exact) mass is 255 g/mol. The Morgan fingerprint density at radius 1 is 1.39 bits per heavy atom. The van der Waals surface area contributed by atoms with Crippen molar-refractivity contribution in [3.8, 4) is 0 Å². The third-order valence-corrected chi connectivity index (χ3v) is 3.45. The Kier molecular flexibility index (Phi) is 4.62. The molecule has 102 valence electrons. The van der Waals surface area contributed by atoms with Crippen LogP contribution in [0.4, 0.5) is 0 Å². The van der Waals surface area contributed by atoms with Crippen LogP contribution in [0.5, 0.6) is 0 Å². The van der Waals surface area contributed by atoms with E-state index in [-0.39, 0.29) is 0 Å². The van der Waals surface area contributed by atoms with E-state index in [0.717, 1.165) is 38.1 Å². The lowest BCUT2D eigenvalue weighted by Gasteiger charge is -2.34. The van der Waals surface area contributed by atoms with Crippen molar-refractivity contribution < 1.29 is 9.47 Å². The summed E-state index contributed by atoms with van der Waals surface area (Å²) in [5, 5.41) is 12.0. The van der Waals surface area contributed by atoms with Gasteiger partial charge in [0.1, 0.15) is 5.60 Å². The minimum atomic E-state index is -0.398. The van der Waals surface area contributed by atoms with E-state index in [4.69, 9.17) is 15.2 Å². The Bertz CT molecular complexity index is 362. The van der Waals surface area contributed by atoms with Crippen LogP contribution in [0.25, 0.3) is 0 Å². The lowest BCUT2D eigenvalue weighted by Crippen LogP contribution is -2.38. The lowest BCUT2D eigenvalue weighted by molar-refractivity contribution is -0.102. The minimum absolute atomic E-state index is 0.398. The van der Waals surface area contributed by atoms with Gasteiger partial charge >= 0.3 is 0 Å². The number of ether oxygens (including phenoxy) is 2. The second-order valence-corrected chi connectivity index (χ2v) is 4.53. The summed E-state index contributed by atoms with van der Waals surface area (Å²) in [6.45, 7) is 2.85. The number of unbranched alkanes of at least 4 members (excludes halogenated alkanes) is 1.